The van der Waals surface area contributed by atoms with E-state index in [1.807, 2.05) is 29.2 Å². The predicted molar refractivity (Wildman–Crippen MR) is 73.1 cm³/mol. The first-order valence-electron chi connectivity index (χ1n) is 5.84. The highest BCUT2D eigenvalue weighted by atomic mass is 32.1. The molecule has 90 valence electrons. The summed E-state index contributed by atoms with van der Waals surface area (Å²) >= 11 is 4.87. The summed E-state index contributed by atoms with van der Waals surface area (Å²) in [7, 11) is 0. The van der Waals surface area contributed by atoms with E-state index in [0.29, 0.717) is 17.8 Å². The maximum atomic E-state index is 11.7. The van der Waals surface area contributed by atoms with E-state index in [9.17, 15) is 4.79 Å². The molecule has 0 unspecified atom stereocenters. The molecule has 1 amide bonds. The summed E-state index contributed by atoms with van der Waals surface area (Å²) < 4.78 is 0. The number of benzene rings is 1. The first-order chi connectivity index (χ1) is 8.16. The van der Waals surface area contributed by atoms with Gasteiger partial charge in [-0.25, -0.2) is 0 Å². The number of thiocarbonyl (C=S) groups is 1. The smallest absolute Gasteiger partial charge is 0.226 e. The van der Waals surface area contributed by atoms with Gasteiger partial charge < -0.3 is 10.6 Å². The van der Waals surface area contributed by atoms with Crippen molar-refractivity contribution < 1.29 is 4.79 Å². The van der Waals surface area contributed by atoms with Gasteiger partial charge in [0.15, 0.2) is 0 Å². The molecule has 3 nitrogen and oxygen atoms in total. The Balaban J connectivity index is 2.11. The fourth-order valence-electron chi connectivity index (χ4n) is 2.07. The van der Waals surface area contributed by atoms with Crippen LogP contribution in [-0.2, 0) is 11.2 Å². The van der Waals surface area contributed by atoms with Gasteiger partial charge in [0.05, 0.1) is 4.99 Å². The van der Waals surface area contributed by atoms with Crippen LogP contribution in [0.15, 0.2) is 24.3 Å². The molecule has 17 heavy (non-hydrogen) atoms. The summed E-state index contributed by atoms with van der Waals surface area (Å²) in [5, 5.41) is 0. The van der Waals surface area contributed by atoms with Crippen LogP contribution in [0.5, 0.6) is 0 Å². The van der Waals surface area contributed by atoms with Crippen LogP contribution in [0.1, 0.15) is 24.8 Å². The number of hydrogen-bond donors (Lipinski definition) is 1. The molecule has 4 heteroatoms. The molecular formula is C13H16N2OS. The topological polar surface area (TPSA) is 46.3 Å². The highest BCUT2D eigenvalue weighted by Gasteiger charge is 2.19. The molecule has 0 atom stereocenters. The van der Waals surface area contributed by atoms with Gasteiger partial charge in [0.2, 0.25) is 5.91 Å². The normalized spacial score (nSPS) is 16.0. The Labute approximate surface area is 107 Å². The summed E-state index contributed by atoms with van der Waals surface area (Å²) in [5.41, 5.74) is 7.56. The van der Waals surface area contributed by atoms with Crippen molar-refractivity contribution in [3.63, 3.8) is 0 Å². The van der Waals surface area contributed by atoms with Crippen molar-refractivity contribution in [3.8, 4) is 0 Å². The monoisotopic (exact) mass is 248 g/mol. The van der Waals surface area contributed by atoms with Crippen molar-refractivity contribution in [2.24, 2.45) is 5.73 Å². The molecule has 0 bridgehead atoms. The number of hydrogen-bond acceptors (Lipinski definition) is 2. The number of carbonyl (C=O) groups is 1. The van der Waals surface area contributed by atoms with Crippen molar-refractivity contribution in [2.45, 2.75) is 25.7 Å². The number of amides is 1. The van der Waals surface area contributed by atoms with E-state index >= 15 is 0 Å². The Morgan fingerprint density at radius 1 is 1.29 bits per heavy atom. The molecule has 1 saturated heterocycles. The molecule has 1 aromatic rings. The van der Waals surface area contributed by atoms with Crippen LogP contribution < -0.4 is 10.6 Å². The van der Waals surface area contributed by atoms with E-state index in [0.717, 1.165) is 30.6 Å². The predicted octanol–water partition coefficient (Wildman–Crippen LogP) is 2.03. The van der Waals surface area contributed by atoms with E-state index in [1.54, 1.807) is 0 Å². The molecule has 0 radical (unpaired) electrons. The number of anilines is 1. The van der Waals surface area contributed by atoms with Gasteiger partial charge in [0.1, 0.15) is 0 Å². The first kappa shape index (κ1) is 12.0. The molecule has 1 aliphatic heterocycles. The second kappa shape index (κ2) is 5.27. The van der Waals surface area contributed by atoms with Gasteiger partial charge >= 0.3 is 0 Å². The maximum absolute atomic E-state index is 11.7. The molecule has 1 fully saturated rings. The van der Waals surface area contributed by atoms with Gasteiger partial charge in [0.25, 0.3) is 0 Å². The van der Waals surface area contributed by atoms with E-state index in [1.165, 1.54) is 0 Å². The van der Waals surface area contributed by atoms with Gasteiger partial charge in [-0.15, -0.1) is 0 Å². The number of rotatable bonds is 3. The molecule has 0 spiro atoms. The van der Waals surface area contributed by atoms with Crippen molar-refractivity contribution in [1.29, 1.82) is 0 Å². The number of carbonyl (C=O) groups excluding carboxylic acids is 1. The zero-order valence-corrected chi connectivity index (χ0v) is 10.5. The summed E-state index contributed by atoms with van der Waals surface area (Å²) in [6.07, 6.45) is 3.37. The lowest BCUT2D eigenvalue weighted by Gasteiger charge is -2.26. The lowest BCUT2D eigenvalue weighted by atomic mass is 10.1. The van der Waals surface area contributed by atoms with Gasteiger partial charge in [-0.2, -0.15) is 0 Å². The van der Waals surface area contributed by atoms with Crippen molar-refractivity contribution in [1.82, 2.24) is 0 Å². The van der Waals surface area contributed by atoms with Crippen molar-refractivity contribution in [3.05, 3.63) is 29.8 Å². The minimum absolute atomic E-state index is 0.221. The van der Waals surface area contributed by atoms with Crippen LogP contribution in [0.4, 0.5) is 5.69 Å². The minimum Gasteiger partial charge on any atom is -0.393 e. The lowest BCUT2D eigenvalue weighted by molar-refractivity contribution is -0.119. The number of nitrogens with two attached hydrogens (primary N) is 1. The third-order valence-corrected chi connectivity index (χ3v) is 3.09. The third kappa shape index (κ3) is 3.03. The fourth-order valence-corrected chi connectivity index (χ4v) is 2.24. The Bertz CT molecular complexity index is 428. The van der Waals surface area contributed by atoms with Crippen molar-refractivity contribution in [2.75, 3.05) is 11.4 Å². The largest absolute Gasteiger partial charge is 0.393 e. The molecule has 2 rings (SSSR count). The third-order valence-electron chi connectivity index (χ3n) is 2.95. The molecular weight excluding hydrogens is 232 g/mol. The number of nitrogens with zero attached hydrogens (tertiary/aromatic N) is 1. The molecule has 1 heterocycles. The van der Waals surface area contributed by atoms with Gasteiger partial charge in [0, 0.05) is 25.1 Å². The molecule has 2 N–H and O–H groups in total. The molecule has 0 saturated carbocycles. The summed E-state index contributed by atoms with van der Waals surface area (Å²) in [5.74, 6) is 0.221. The van der Waals surface area contributed by atoms with E-state index in [2.05, 4.69) is 0 Å². The molecule has 0 aromatic heterocycles. The Morgan fingerprint density at radius 3 is 2.59 bits per heavy atom. The van der Waals surface area contributed by atoms with Crippen LogP contribution in [0.25, 0.3) is 0 Å². The zero-order valence-electron chi connectivity index (χ0n) is 9.69. The van der Waals surface area contributed by atoms with Gasteiger partial charge in [-0.3, -0.25) is 4.79 Å². The number of piperidine rings is 1. The van der Waals surface area contributed by atoms with Crippen LogP contribution >= 0.6 is 12.2 Å². The van der Waals surface area contributed by atoms with Gasteiger partial charge in [-0.05, 0) is 30.5 Å². The average molecular weight is 248 g/mol. The SMILES string of the molecule is NC(=S)Cc1ccc(N2CCCCC2=O)cc1. The van der Waals surface area contributed by atoms with Crippen molar-refractivity contribution >= 4 is 28.8 Å². The Morgan fingerprint density at radius 2 is 2.00 bits per heavy atom. The van der Waals surface area contributed by atoms with Crippen LogP contribution in [-0.4, -0.2) is 17.4 Å². The summed E-state index contributed by atoms with van der Waals surface area (Å²) in [6.45, 7) is 0.827. The van der Waals surface area contributed by atoms with Crippen LogP contribution in [0.3, 0.4) is 0 Å². The van der Waals surface area contributed by atoms with E-state index in [-0.39, 0.29) is 5.91 Å². The standard InChI is InChI=1S/C13H16N2OS/c14-12(17)9-10-4-6-11(7-5-10)15-8-2-1-3-13(15)16/h4-7H,1-3,8-9H2,(H2,14,17). The summed E-state index contributed by atoms with van der Waals surface area (Å²) in [4.78, 5) is 14.1. The Hall–Kier alpha value is -1.42. The lowest BCUT2D eigenvalue weighted by Crippen LogP contribution is -2.35. The molecule has 0 aliphatic carbocycles. The average Bonchev–Trinajstić information content (AvgIpc) is 2.30. The summed E-state index contributed by atoms with van der Waals surface area (Å²) in [6, 6.07) is 7.90. The maximum Gasteiger partial charge on any atom is 0.226 e. The highest BCUT2D eigenvalue weighted by molar-refractivity contribution is 7.80. The first-order valence-corrected chi connectivity index (χ1v) is 6.25. The molecule has 1 aliphatic rings. The second-order valence-electron chi connectivity index (χ2n) is 4.31. The fraction of sp³-hybridized carbons (Fsp3) is 0.385. The zero-order chi connectivity index (χ0) is 12.3. The Kier molecular flexibility index (Phi) is 3.74. The quantitative estimate of drug-likeness (QED) is 0.833. The van der Waals surface area contributed by atoms with E-state index < -0.39 is 0 Å². The van der Waals surface area contributed by atoms with Crippen LogP contribution in [0.2, 0.25) is 0 Å². The van der Waals surface area contributed by atoms with Gasteiger partial charge in [-0.1, -0.05) is 24.4 Å². The molecule has 1 aromatic carbocycles. The van der Waals surface area contributed by atoms with Crippen LogP contribution in [0, 0.1) is 0 Å². The van der Waals surface area contributed by atoms with E-state index in [4.69, 9.17) is 18.0 Å². The second-order valence-corrected chi connectivity index (χ2v) is 4.84. The highest BCUT2D eigenvalue weighted by Crippen LogP contribution is 2.21. The minimum atomic E-state index is 0.221.